The lowest BCUT2D eigenvalue weighted by Crippen LogP contribution is -2.35. The molecule has 0 atom stereocenters. The summed E-state index contributed by atoms with van der Waals surface area (Å²) in [5.41, 5.74) is 6.61. The minimum absolute atomic E-state index is 0.342. The monoisotopic (exact) mass is 557 g/mol. The molecule has 0 amide bonds. The summed E-state index contributed by atoms with van der Waals surface area (Å²) in [6.07, 6.45) is 15.9. The summed E-state index contributed by atoms with van der Waals surface area (Å²) in [6, 6.07) is 32.5. The van der Waals surface area contributed by atoms with Crippen LogP contribution in [0.2, 0.25) is 0 Å². The van der Waals surface area contributed by atoms with Crippen LogP contribution in [-0.2, 0) is 14.3 Å². The highest BCUT2D eigenvalue weighted by Gasteiger charge is 2.44. The molecule has 0 unspecified atom stereocenters. The third-order valence-corrected chi connectivity index (χ3v) is 12.6. The molecule has 0 radical (unpaired) electrons. The van der Waals surface area contributed by atoms with Crippen LogP contribution in [0.5, 0.6) is 0 Å². The first-order chi connectivity index (χ1) is 19.4. The summed E-state index contributed by atoms with van der Waals surface area (Å²) in [5.74, 6) is -0.0248. The van der Waals surface area contributed by atoms with Crippen molar-refractivity contribution in [3.63, 3.8) is 0 Å². The fourth-order valence-electron chi connectivity index (χ4n) is 6.12. The Kier molecular flexibility index (Phi) is 9.43. The zero-order valence-corrected chi connectivity index (χ0v) is 24.6. The number of carbonyl (C=O) groups is 1. The molecule has 3 saturated carbocycles. The fraction of sp³-hybridized carbons (Fsp3) is 0.429. The van der Waals surface area contributed by atoms with Crippen LogP contribution in [-0.4, -0.2) is 37.1 Å². The largest absolute Gasteiger partial charge is 0.348 e. The molecule has 40 heavy (non-hydrogen) atoms. The van der Waals surface area contributed by atoms with E-state index in [1.165, 1.54) is 54.4 Å². The Morgan fingerprint density at radius 1 is 0.650 bits per heavy atom. The van der Waals surface area contributed by atoms with E-state index in [0.717, 1.165) is 18.3 Å². The molecule has 2 N–H and O–H groups in total. The van der Waals surface area contributed by atoms with Crippen molar-refractivity contribution in [2.45, 2.75) is 76.0 Å². The molecule has 3 aromatic carbocycles. The van der Waals surface area contributed by atoms with Crippen molar-refractivity contribution in [1.82, 2.24) is 0 Å². The van der Waals surface area contributed by atoms with Gasteiger partial charge in [0.1, 0.15) is 5.78 Å². The van der Waals surface area contributed by atoms with Gasteiger partial charge in [0, 0.05) is 31.7 Å². The van der Waals surface area contributed by atoms with E-state index in [0.29, 0.717) is 37.9 Å². The van der Waals surface area contributed by atoms with Crippen molar-refractivity contribution in [3.05, 3.63) is 91.0 Å². The fourth-order valence-corrected chi connectivity index (χ4v) is 9.06. The first-order valence-corrected chi connectivity index (χ1v) is 16.9. The molecule has 7 rings (SSSR count). The van der Waals surface area contributed by atoms with E-state index in [1.54, 1.807) is 0 Å². The van der Waals surface area contributed by atoms with Crippen molar-refractivity contribution in [3.8, 4) is 0 Å². The maximum atomic E-state index is 10.9. The van der Waals surface area contributed by atoms with Crippen LogP contribution >= 0.6 is 6.89 Å². The molecule has 2 spiro atoms. The smallest absolute Gasteiger partial charge is 0.169 e. The van der Waals surface area contributed by atoms with E-state index in [2.05, 4.69) is 91.0 Å². The van der Waals surface area contributed by atoms with E-state index in [9.17, 15) is 4.79 Å². The second-order valence-corrected chi connectivity index (χ2v) is 15.0. The molecule has 212 valence electrons. The highest BCUT2D eigenvalue weighted by Crippen LogP contribution is 2.55. The zero-order valence-electron chi connectivity index (χ0n) is 23.7. The summed E-state index contributed by atoms with van der Waals surface area (Å²) in [4.78, 5) is 10.9. The molecular weight excluding hydrogens is 513 g/mol. The van der Waals surface area contributed by atoms with E-state index in [-0.39, 0.29) is 5.79 Å². The molecule has 3 aliphatic carbocycles. The number of nitrogens with two attached hydrogens (primary N) is 1. The molecule has 1 aliphatic heterocycles. The molecule has 1 heterocycles. The van der Waals surface area contributed by atoms with E-state index >= 15 is 0 Å². The van der Waals surface area contributed by atoms with Crippen LogP contribution in [0, 0.1) is 5.41 Å². The number of Topliss-reactive ketones (excluding diaryl/α,β-unsaturated/α-hetero) is 1. The van der Waals surface area contributed by atoms with Gasteiger partial charge in [-0.25, -0.2) is 0 Å². The average molecular weight is 558 g/mol. The van der Waals surface area contributed by atoms with Crippen molar-refractivity contribution < 1.29 is 14.3 Å². The van der Waals surface area contributed by atoms with Gasteiger partial charge in [0.2, 0.25) is 0 Å². The lowest BCUT2D eigenvalue weighted by atomic mass is 9.84. The van der Waals surface area contributed by atoms with Gasteiger partial charge in [0.15, 0.2) is 5.79 Å². The van der Waals surface area contributed by atoms with Crippen molar-refractivity contribution >= 4 is 34.9 Å². The number of ketones is 1. The highest BCUT2D eigenvalue weighted by atomic mass is 31.2. The van der Waals surface area contributed by atoms with E-state index < -0.39 is 6.89 Å². The number of carbonyl (C=O) groups excluding carboxylic acids is 1. The number of hydrogen-bond acceptors (Lipinski definition) is 4. The first kappa shape index (κ1) is 29.0. The van der Waals surface area contributed by atoms with Gasteiger partial charge in [-0.15, -0.1) is 0 Å². The maximum absolute atomic E-state index is 10.9. The van der Waals surface area contributed by atoms with Gasteiger partial charge in [0.25, 0.3) is 0 Å². The highest BCUT2D eigenvalue weighted by molar-refractivity contribution is 7.93. The van der Waals surface area contributed by atoms with Gasteiger partial charge in [-0.3, -0.25) is 4.79 Å². The lowest BCUT2D eigenvalue weighted by Gasteiger charge is -2.30. The number of hydrogen-bond donors (Lipinski definition) is 1. The Labute approximate surface area is 240 Å². The van der Waals surface area contributed by atoms with Gasteiger partial charge in [-0.05, 0) is 66.7 Å². The van der Waals surface area contributed by atoms with Crippen molar-refractivity contribution in [1.29, 1.82) is 0 Å². The molecule has 4 nitrogen and oxygen atoms in total. The van der Waals surface area contributed by atoms with Gasteiger partial charge in [-0.1, -0.05) is 97.3 Å². The molecule has 0 aromatic heterocycles. The van der Waals surface area contributed by atoms with Crippen LogP contribution in [0.3, 0.4) is 0 Å². The van der Waals surface area contributed by atoms with Crippen LogP contribution < -0.4 is 21.6 Å². The summed E-state index contributed by atoms with van der Waals surface area (Å²) >= 11 is 0. The predicted molar refractivity (Wildman–Crippen MR) is 168 cm³/mol. The molecule has 5 heteroatoms. The van der Waals surface area contributed by atoms with Crippen LogP contribution in [0.25, 0.3) is 0 Å². The predicted octanol–water partition coefficient (Wildman–Crippen LogP) is 5.95. The van der Waals surface area contributed by atoms with Crippen molar-refractivity contribution in [2.75, 3.05) is 13.2 Å². The average Bonchev–Trinajstić information content (AvgIpc) is 3.63. The normalized spacial score (nSPS) is 21.2. The third-order valence-electron chi connectivity index (χ3n) is 9.02. The van der Waals surface area contributed by atoms with Gasteiger partial charge < -0.3 is 15.2 Å². The Balaban J connectivity index is 0.000000135. The summed E-state index contributed by atoms with van der Waals surface area (Å²) < 4.78 is 10.9. The summed E-state index contributed by atoms with van der Waals surface area (Å²) in [6.45, 7) is -0.399. The Morgan fingerprint density at radius 3 is 1.43 bits per heavy atom. The van der Waals surface area contributed by atoms with Crippen LogP contribution in [0.1, 0.15) is 64.2 Å². The minimum Gasteiger partial charge on any atom is -0.348 e. The van der Waals surface area contributed by atoms with Gasteiger partial charge >= 0.3 is 0 Å². The summed E-state index contributed by atoms with van der Waals surface area (Å²) in [5, 5.41) is 3.95. The maximum Gasteiger partial charge on any atom is 0.169 e. The molecule has 4 fully saturated rings. The Morgan fingerprint density at radius 2 is 1.05 bits per heavy atom. The second kappa shape index (κ2) is 13.0. The molecule has 1 saturated heterocycles. The second-order valence-electron chi connectivity index (χ2n) is 11.8. The standard InChI is InChI=1S/C19H17P.C8H15N.C8H12O3/c1-20(17-11-5-2-6-12-17,18-13-7-3-8-14-18)19-15-9-4-10-16-19;9-7-1-3-8(4-2-7)5-6-8;9-7-1-3-8(4-2-7)10-5-6-11-8/h2-16H,1H2;7H,1-6,9H2;1-6H2. The van der Waals surface area contributed by atoms with E-state index in [1.807, 2.05) is 0 Å². The number of benzene rings is 3. The topological polar surface area (TPSA) is 61.6 Å². The third kappa shape index (κ3) is 7.04. The lowest BCUT2D eigenvalue weighted by molar-refractivity contribution is -0.179. The number of rotatable bonds is 3. The number of ether oxygens (including phenoxy) is 2. The van der Waals surface area contributed by atoms with Gasteiger partial charge in [0.05, 0.1) is 13.2 Å². The SMILES string of the molecule is C=P(c1ccccc1)(c1ccccc1)c1ccccc1.NC1CCC2(CC1)CC2.O=C1CCC2(CC1)OCCO2. The quantitative estimate of drug-likeness (QED) is 0.404. The van der Waals surface area contributed by atoms with E-state index in [4.69, 9.17) is 21.5 Å². The molecule has 4 aliphatic rings. The molecule has 3 aromatic rings. The summed E-state index contributed by atoms with van der Waals surface area (Å²) in [7, 11) is 0. The van der Waals surface area contributed by atoms with Crippen molar-refractivity contribution in [2.24, 2.45) is 11.1 Å². The minimum atomic E-state index is -1.78. The van der Waals surface area contributed by atoms with Crippen LogP contribution in [0.4, 0.5) is 0 Å². The van der Waals surface area contributed by atoms with Gasteiger partial charge in [-0.2, -0.15) is 0 Å². The molecular formula is C35H44NO3P. The Hall–Kier alpha value is -2.49. The molecule has 0 bridgehead atoms. The Bertz CT molecular complexity index is 1140. The first-order valence-electron chi connectivity index (χ1n) is 14.9. The zero-order chi connectivity index (χ0) is 27.9. The van der Waals surface area contributed by atoms with Crippen LogP contribution in [0.15, 0.2) is 91.0 Å².